The molecule has 0 radical (unpaired) electrons. The molecule has 0 atom stereocenters. The van der Waals surface area contributed by atoms with Crippen LogP contribution < -0.4 is 4.74 Å². The van der Waals surface area contributed by atoms with Gasteiger partial charge in [-0.15, -0.1) is 0 Å². The summed E-state index contributed by atoms with van der Waals surface area (Å²) in [7, 11) is -3.57. The summed E-state index contributed by atoms with van der Waals surface area (Å²) in [6.45, 7) is 3.26. The normalized spacial score (nSPS) is 15.9. The van der Waals surface area contributed by atoms with Gasteiger partial charge < -0.3 is 9.47 Å². The highest BCUT2D eigenvalue weighted by Gasteiger charge is 2.32. The molecule has 2 aromatic rings. The molecule has 0 unspecified atom stereocenters. The fraction of sp³-hybridized carbons (Fsp3) is 0.381. The van der Waals surface area contributed by atoms with Crippen LogP contribution in [0.2, 0.25) is 0 Å². The number of hydrogen-bond acceptors (Lipinski definition) is 5. The van der Waals surface area contributed by atoms with Crippen LogP contribution in [0, 0.1) is 5.92 Å². The van der Waals surface area contributed by atoms with Crippen LogP contribution in [0.15, 0.2) is 59.5 Å². The van der Waals surface area contributed by atoms with Gasteiger partial charge in [0.2, 0.25) is 10.0 Å². The van der Waals surface area contributed by atoms with E-state index in [-0.39, 0.29) is 23.4 Å². The monoisotopic (exact) mass is 403 g/mol. The van der Waals surface area contributed by atoms with Gasteiger partial charge in [-0.3, -0.25) is 4.79 Å². The average molecular weight is 404 g/mol. The second-order valence-corrected chi connectivity index (χ2v) is 8.61. The highest BCUT2D eigenvalue weighted by molar-refractivity contribution is 7.89. The van der Waals surface area contributed by atoms with Gasteiger partial charge in [-0.25, -0.2) is 8.42 Å². The molecule has 3 rings (SSSR count). The molecule has 0 bridgehead atoms. The van der Waals surface area contributed by atoms with Crippen LogP contribution in [-0.4, -0.2) is 38.4 Å². The third-order valence-electron chi connectivity index (χ3n) is 4.78. The van der Waals surface area contributed by atoms with E-state index in [1.54, 1.807) is 24.3 Å². The van der Waals surface area contributed by atoms with Gasteiger partial charge in [0.15, 0.2) is 0 Å². The maximum atomic E-state index is 12.8. The first-order valence-corrected chi connectivity index (χ1v) is 10.9. The van der Waals surface area contributed by atoms with Crippen LogP contribution in [0.4, 0.5) is 0 Å². The molecule has 1 heterocycles. The van der Waals surface area contributed by atoms with Crippen molar-refractivity contribution in [1.82, 2.24) is 4.31 Å². The van der Waals surface area contributed by atoms with Crippen molar-refractivity contribution in [1.29, 1.82) is 0 Å². The Kier molecular flexibility index (Phi) is 6.70. The van der Waals surface area contributed by atoms with Gasteiger partial charge in [0, 0.05) is 13.1 Å². The molecule has 0 amide bonds. The first-order valence-electron chi connectivity index (χ1n) is 9.44. The molecule has 1 fully saturated rings. The van der Waals surface area contributed by atoms with Gasteiger partial charge in [-0.1, -0.05) is 30.3 Å². The van der Waals surface area contributed by atoms with Gasteiger partial charge in [0.25, 0.3) is 0 Å². The fourth-order valence-electron chi connectivity index (χ4n) is 3.20. The maximum Gasteiger partial charge on any atom is 0.309 e. The molecule has 0 N–H and O–H groups in total. The SMILES string of the molecule is CCOc1ccc(S(=O)(=O)N2CCC(C(=O)OCc3ccccc3)CC2)cc1. The number of carbonyl (C=O) groups excluding carboxylic acids is 1. The number of benzene rings is 2. The summed E-state index contributed by atoms with van der Waals surface area (Å²) in [6.07, 6.45) is 0.924. The van der Waals surface area contributed by atoms with Crippen molar-refractivity contribution < 1.29 is 22.7 Å². The number of rotatable bonds is 7. The van der Waals surface area contributed by atoms with Crippen molar-refractivity contribution >= 4 is 16.0 Å². The first-order chi connectivity index (χ1) is 13.5. The molecule has 0 spiro atoms. The molecule has 1 saturated heterocycles. The van der Waals surface area contributed by atoms with Crippen molar-refractivity contribution in [2.45, 2.75) is 31.3 Å². The number of hydrogen-bond donors (Lipinski definition) is 0. The van der Waals surface area contributed by atoms with E-state index in [0.29, 0.717) is 38.3 Å². The fourth-order valence-corrected chi connectivity index (χ4v) is 4.67. The van der Waals surface area contributed by atoms with Crippen molar-refractivity contribution in [3.63, 3.8) is 0 Å². The van der Waals surface area contributed by atoms with Crippen LogP contribution in [0.25, 0.3) is 0 Å². The Hall–Kier alpha value is -2.38. The van der Waals surface area contributed by atoms with E-state index in [0.717, 1.165) is 5.56 Å². The quantitative estimate of drug-likeness (QED) is 0.664. The third kappa shape index (κ3) is 4.91. The van der Waals surface area contributed by atoms with E-state index in [9.17, 15) is 13.2 Å². The van der Waals surface area contributed by atoms with E-state index in [2.05, 4.69) is 0 Å². The smallest absolute Gasteiger partial charge is 0.309 e. The molecule has 0 saturated carbocycles. The Morgan fingerprint density at radius 2 is 1.68 bits per heavy atom. The van der Waals surface area contributed by atoms with Crippen molar-refractivity contribution in [3.8, 4) is 5.75 Å². The summed E-state index contributed by atoms with van der Waals surface area (Å²) in [5.41, 5.74) is 0.936. The summed E-state index contributed by atoms with van der Waals surface area (Å²) in [4.78, 5) is 12.5. The molecule has 28 heavy (non-hydrogen) atoms. The minimum atomic E-state index is -3.57. The molecular weight excluding hydrogens is 378 g/mol. The average Bonchev–Trinajstić information content (AvgIpc) is 2.73. The van der Waals surface area contributed by atoms with Gasteiger partial charge in [-0.2, -0.15) is 4.31 Å². The van der Waals surface area contributed by atoms with E-state index in [4.69, 9.17) is 9.47 Å². The number of piperidine rings is 1. The molecule has 7 heteroatoms. The lowest BCUT2D eigenvalue weighted by Gasteiger charge is -2.30. The molecule has 1 aliphatic rings. The summed E-state index contributed by atoms with van der Waals surface area (Å²) in [6, 6.07) is 15.9. The van der Waals surface area contributed by atoms with Crippen LogP contribution in [0.1, 0.15) is 25.3 Å². The number of sulfonamides is 1. The minimum Gasteiger partial charge on any atom is -0.494 e. The van der Waals surface area contributed by atoms with Crippen LogP contribution >= 0.6 is 0 Å². The Bertz CT molecular complexity index is 873. The first kappa shape index (κ1) is 20.4. The van der Waals surface area contributed by atoms with E-state index < -0.39 is 10.0 Å². The van der Waals surface area contributed by atoms with E-state index in [1.165, 1.54) is 4.31 Å². The summed E-state index contributed by atoms with van der Waals surface area (Å²) >= 11 is 0. The Labute approximate surface area is 166 Å². The summed E-state index contributed by atoms with van der Waals surface area (Å²) in [5.74, 6) is 0.110. The molecular formula is C21H25NO5S. The summed E-state index contributed by atoms with van der Waals surface area (Å²) < 4.78 is 37.8. The summed E-state index contributed by atoms with van der Waals surface area (Å²) in [5, 5.41) is 0. The van der Waals surface area contributed by atoms with Crippen LogP contribution in [-0.2, 0) is 26.2 Å². The lowest BCUT2D eigenvalue weighted by atomic mass is 9.98. The molecule has 6 nitrogen and oxygen atoms in total. The number of ether oxygens (including phenoxy) is 2. The highest BCUT2D eigenvalue weighted by atomic mass is 32.2. The van der Waals surface area contributed by atoms with E-state index in [1.807, 2.05) is 37.3 Å². The largest absolute Gasteiger partial charge is 0.494 e. The van der Waals surface area contributed by atoms with Crippen molar-refractivity contribution in [2.24, 2.45) is 5.92 Å². The second-order valence-electron chi connectivity index (χ2n) is 6.68. The van der Waals surface area contributed by atoms with Gasteiger partial charge in [0.1, 0.15) is 12.4 Å². The highest BCUT2D eigenvalue weighted by Crippen LogP contribution is 2.26. The lowest BCUT2D eigenvalue weighted by Crippen LogP contribution is -2.40. The molecule has 1 aliphatic heterocycles. The Balaban J connectivity index is 1.54. The van der Waals surface area contributed by atoms with Crippen molar-refractivity contribution in [3.05, 3.63) is 60.2 Å². The van der Waals surface area contributed by atoms with Crippen LogP contribution in [0.5, 0.6) is 5.75 Å². The Morgan fingerprint density at radius 3 is 2.29 bits per heavy atom. The maximum absolute atomic E-state index is 12.8. The topological polar surface area (TPSA) is 72.9 Å². The zero-order valence-corrected chi connectivity index (χ0v) is 16.7. The predicted octanol–water partition coefficient (Wildman–Crippen LogP) is 3.23. The van der Waals surface area contributed by atoms with Gasteiger partial charge >= 0.3 is 5.97 Å². The van der Waals surface area contributed by atoms with E-state index >= 15 is 0 Å². The molecule has 150 valence electrons. The number of carbonyl (C=O) groups is 1. The van der Waals surface area contributed by atoms with Gasteiger partial charge in [-0.05, 0) is 49.6 Å². The minimum absolute atomic E-state index is 0.237. The third-order valence-corrected chi connectivity index (χ3v) is 6.70. The lowest BCUT2D eigenvalue weighted by molar-refractivity contribution is -0.151. The molecule has 0 aliphatic carbocycles. The number of nitrogens with zero attached hydrogens (tertiary/aromatic N) is 1. The van der Waals surface area contributed by atoms with Gasteiger partial charge in [0.05, 0.1) is 17.4 Å². The van der Waals surface area contributed by atoms with Crippen LogP contribution in [0.3, 0.4) is 0 Å². The van der Waals surface area contributed by atoms with Crippen molar-refractivity contribution in [2.75, 3.05) is 19.7 Å². The Morgan fingerprint density at radius 1 is 1.04 bits per heavy atom. The number of esters is 1. The second kappa shape index (κ2) is 9.21. The predicted molar refractivity (Wildman–Crippen MR) is 105 cm³/mol. The zero-order chi connectivity index (χ0) is 20.0. The molecule has 0 aromatic heterocycles. The molecule has 2 aromatic carbocycles. The zero-order valence-electron chi connectivity index (χ0n) is 15.9. The standard InChI is InChI=1S/C21H25NO5S/c1-2-26-19-8-10-20(11-9-19)28(24,25)22-14-12-18(13-15-22)21(23)27-16-17-6-4-3-5-7-17/h3-11,18H,2,12-16H2,1H3.